The Balaban J connectivity index is 1.59. The lowest BCUT2D eigenvalue weighted by Crippen LogP contribution is -2.51. The van der Waals surface area contributed by atoms with Crippen LogP contribution in [0.25, 0.3) is 12.2 Å². The summed E-state index contributed by atoms with van der Waals surface area (Å²) in [6, 6.07) is 0.236. The van der Waals surface area contributed by atoms with E-state index in [9.17, 15) is 9.59 Å². The number of carbonyl (C=O) groups excluding carboxylic acids is 1. The molecule has 0 radical (unpaired) electrons. The molecule has 128 valence electrons. The van der Waals surface area contributed by atoms with Gasteiger partial charge in [0.15, 0.2) is 0 Å². The fourth-order valence-corrected chi connectivity index (χ4v) is 3.27. The molecule has 1 aromatic rings. The van der Waals surface area contributed by atoms with Crippen LogP contribution in [0, 0.1) is 0 Å². The fraction of sp³-hybridized carbons (Fsp3) is 0.588. The molecular formula is C17H22N4O3. The molecular weight excluding hydrogens is 308 g/mol. The Kier molecular flexibility index (Phi) is 4.20. The number of nitrogens with one attached hydrogen (secondary N) is 2. The number of amides is 1. The summed E-state index contributed by atoms with van der Waals surface area (Å²) in [4.78, 5) is 34.2. The third-order valence-corrected chi connectivity index (χ3v) is 4.68. The quantitative estimate of drug-likeness (QED) is 0.709. The van der Waals surface area contributed by atoms with Gasteiger partial charge < -0.3 is 19.9 Å². The van der Waals surface area contributed by atoms with Crippen molar-refractivity contribution in [3.63, 3.8) is 0 Å². The van der Waals surface area contributed by atoms with Crippen molar-refractivity contribution in [1.29, 1.82) is 0 Å². The molecule has 3 aliphatic rings. The molecule has 4 rings (SSSR count). The van der Waals surface area contributed by atoms with Gasteiger partial charge in [0.25, 0.3) is 11.5 Å². The number of carbonyl (C=O) groups is 1. The van der Waals surface area contributed by atoms with Gasteiger partial charge in [-0.05, 0) is 25.7 Å². The Morgan fingerprint density at radius 1 is 1.33 bits per heavy atom. The summed E-state index contributed by atoms with van der Waals surface area (Å²) < 4.78 is 5.59. The Morgan fingerprint density at radius 3 is 2.92 bits per heavy atom. The summed E-state index contributed by atoms with van der Waals surface area (Å²) in [6.45, 7) is 2.20. The van der Waals surface area contributed by atoms with Crippen molar-refractivity contribution in [1.82, 2.24) is 20.2 Å². The van der Waals surface area contributed by atoms with Crippen LogP contribution >= 0.6 is 0 Å². The largest absolute Gasteiger partial charge is 0.366 e. The molecule has 1 atom stereocenters. The first-order valence-corrected chi connectivity index (χ1v) is 8.65. The maximum absolute atomic E-state index is 12.8. The Bertz CT molecular complexity index is 806. The summed E-state index contributed by atoms with van der Waals surface area (Å²) in [6.07, 6.45) is 7.25. The van der Waals surface area contributed by atoms with Crippen LogP contribution in [0.1, 0.15) is 31.5 Å². The van der Waals surface area contributed by atoms with Crippen molar-refractivity contribution in [3.05, 3.63) is 26.7 Å². The van der Waals surface area contributed by atoms with E-state index in [1.165, 1.54) is 0 Å². The molecule has 1 aromatic heterocycles. The van der Waals surface area contributed by atoms with Crippen molar-refractivity contribution in [2.45, 2.75) is 44.4 Å². The maximum Gasteiger partial charge on any atom is 0.258 e. The predicted octanol–water partition coefficient (Wildman–Crippen LogP) is -1.40. The number of nitrogens with zero attached hydrogens (tertiary/aromatic N) is 2. The zero-order valence-corrected chi connectivity index (χ0v) is 13.6. The van der Waals surface area contributed by atoms with Gasteiger partial charge in [0.2, 0.25) is 0 Å². The molecule has 1 saturated carbocycles. The van der Waals surface area contributed by atoms with Crippen LogP contribution in [-0.2, 0) is 16.1 Å². The van der Waals surface area contributed by atoms with E-state index in [1.807, 2.05) is 17.1 Å². The average Bonchev–Trinajstić information content (AvgIpc) is 3.45. The van der Waals surface area contributed by atoms with Crippen molar-refractivity contribution < 1.29 is 9.53 Å². The van der Waals surface area contributed by atoms with E-state index >= 15 is 0 Å². The first-order chi connectivity index (χ1) is 11.7. The highest BCUT2D eigenvalue weighted by Crippen LogP contribution is 2.28. The number of morpholine rings is 1. The molecule has 2 heterocycles. The minimum absolute atomic E-state index is 0.0133. The van der Waals surface area contributed by atoms with Crippen LogP contribution in [-0.4, -0.2) is 52.6 Å². The lowest BCUT2D eigenvalue weighted by Gasteiger charge is -2.29. The van der Waals surface area contributed by atoms with Gasteiger partial charge >= 0.3 is 0 Å². The third kappa shape index (κ3) is 3.14. The van der Waals surface area contributed by atoms with Gasteiger partial charge in [-0.1, -0.05) is 12.2 Å². The third-order valence-electron chi connectivity index (χ3n) is 4.68. The summed E-state index contributed by atoms with van der Waals surface area (Å²) in [5.74, 6) is 0.537. The van der Waals surface area contributed by atoms with E-state index in [0.717, 1.165) is 37.6 Å². The number of aromatic nitrogens is 2. The Labute approximate surface area is 139 Å². The van der Waals surface area contributed by atoms with Crippen molar-refractivity contribution >= 4 is 18.1 Å². The van der Waals surface area contributed by atoms with Gasteiger partial charge in [-0.25, -0.2) is 4.98 Å². The number of rotatable bonds is 4. The average molecular weight is 330 g/mol. The van der Waals surface area contributed by atoms with Crippen LogP contribution in [0.4, 0.5) is 0 Å². The van der Waals surface area contributed by atoms with Gasteiger partial charge in [-0.2, -0.15) is 0 Å². The standard InChI is InChI=1S/C17H22N4O3/c22-16-12-3-1-2-4-13(12)19-15(20-16)10-21(11-5-6-11)17(23)14-9-18-7-8-24-14/h3-4,11,14,18H,1-2,5-10H2,(H,19,20,22)/t14-/m1/s1. The molecule has 0 aromatic carbocycles. The second-order valence-corrected chi connectivity index (χ2v) is 6.56. The molecule has 2 N–H and O–H groups in total. The summed E-state index contributed by atoms with van der Waals surface area (Å²) in [5, 5.41) is 4.57. The Hall–Kier alpha value is -1.99. The topological polar surface area (TPSA) is 87.3 Å². The first kappa shape index (κ1) is 15.5. The maximum atomic E-state index is 12.8. The second kappa shape index (κ2) is 6.49. The second-order valence-electron chi connectivity index (χ2n) is 6.56. The van der Waals surface area contributed by atoms with Crippen molar-refractivity contribution in [3.8, 4) is 0 Å². The number of fused-ring (bicyclic) bond motifs is 1. The minimum atomic E-state index is -0.441. The van der Waals surface area contributed by atoms with E-state index in [0.29, 0.717) is 30.7 Å². The lowest BCUT2D eigenvalue weighted by molar-refractivity contribution is -0.146. The van der Waals surface area contributed by atoms with Gasteiger partial charge in [0.1, 0.15) is 11.9 Å². The zero-order chi connectivity index (χ0) is 16.5. The van der Waals surface area contributed by atoms with Gasteiger partial charge in [0.05, 0.1) is 23.7 Å². The highest BCUT2D eigenvalue weighted by atomic mass is 16.5. The number of H-pyrrole nitrogens is 1. The van der Waals surface area contributed by atoms with Crippen LogP contribution in [0.15, 0.2) is 4.79 Å². The van der Waals surface area contributed by atoms with Crippen LogP contribution in [0.2, 0.25) is 0 Å². The zero-order valence-electron chi connectivity index (χ0n) is 13.6. The molecule has 0 spiro atoms. The molecule has 0 unspecified atom stereocenters. The van der Waals surface area contributed by atoms with Crippen molar-refractivity contribution in [2.24, 2.45) is 0 Å². The smallest absolute Gasteiger partial charge is 0.258 e. The number of ether oxygens (including phenoxy) is 1. The molecule has 1 amide bonds. The van der Waals surface area contributed by atoms with E-state index < -0.39 is 6.10 Å². The lowest BCUT2D eigenvalue weighted by atomic mass is 10.1. The molecule has 7 nitrogen and oxygen atoms in total. The normalized spacial score (nSPS) is 22.9. The predicted molar refractivity (Wildman–Crippen MR) is 88.5 cm³/mol. The van der Waals surface area contributed by atoms with Gasteiger partial charge in [-0.15, -0.1) is 0 Å². The molecule has 1 saturated heterocycles. The SMILES string of the molecule is O=C([C@H]1CNCCO1)N(Cc1nc2c(c(=O)[nH]1)=CCCC=2)C1CC1. The summed E-state index contributed by atoms with van der Waals surface area (Å²) in [7, 11) is 0. The molecule has 2 aliphatic carbocycles. The van der Waals surface area contributed by atoms with E-state index in [2.05, 4.69) is 15.3 Å². The molecule has 7 heteroatoms. The summed E-state index contributed by atoms with van der Waals surface area (Å²) in [5.41, 5.74) is -0.121. The van der Waals surface area contributed by atoms with E-state index in [1.54, 1.807) is 0 Å². The molecule has 1 aliphatic heterocycles. The molecule has 24 heavy (non-hydrogen) atoms. The number of aromatic amines is 1. The Morgan fingerprint density at radius 2 is 2.17 bits per heavy atom. The molecule has 2 fully saturated rings. The van der Waals surface area contributed by atoms with Crippen LogP contribution in [0.3, 0.4) is 0 Å². The van der Waals surface area contributed by atoms with E-state index in [4.69, 9.17) is 4.74 Å². The van der Waals surface area contributed by atoms with E-state index in [-0.39, 0.29) is 17.5 Å². The van der Waals surface area contributed by atoms with Crippen LogP contribution < -0.4 is 21.4 Å². The minimum Gasteiger partial charge on any atom is -0.366 e. The first-order valence-electron chi connectivity index (χ1n) is 8.65. The fourth-order valence-electron chi connectivity index (χ4n) is 3.27. The number of hydrogen-bond donors (Lipinski definition) is 2. The van der Waals surface area contributed by atoms with Gasteiger partial charge in [0, 0.05) is 19.1 Å². The summed E-state index contributed by atoms with van der Waals surface area (Å²) >= 11 is 0. The highest BCUT2D eigenvalue weighted by molar-refractivity contribution is 5.81. The van der Waals surface area contributed by atoms with Gasteiger partial charge in [-0.3, -0.25) is 9.59 Å². The highest BCUT2D eigenvalue weighted by Gasteiger charge is 2.37. The van der Waals surface area contributed by atoms with Crippen molar-refractivity contribution in [2.75, 3.05) is 19.7 Å². The molecule has 0 bridgehead atoms. The number of hydrogen-bond acceptors (Lipinski definition) is 5. The monoisotopic (exact) mass is 330 g/mol. The van der Waals surface area contributed by atoms with Crippen LogP contribution in [0.5, 0.6) is 0 Å².